The molecule has 2 fully saturated rings. The van der Waals surface area contributed by atoms with Gasteiger partial charge in [0.15, 0.2) is 0 Å². The predicted octanol–water partition coefficient (Wildman–Crippen LogP) is 3.66. The smallest absolute Gasteiger partial charge is 0.0473 e. The summed E-state index contributed by atoms with van der Waals surface area (Å²) >= 11 is 1.95. The number of rotatable bonds is 5. The van der Waals surface area contributed by atoms with Crippen molar-refractivity contribution in [3.05, 3.63) is 22.4 Å². The number of hydrogen-bond donors (Lipinski definition) is 1. The molecule has 0 spiro atoms. The molecule has 2 nitrogen and oxygen atoms in total. The molecule has 3 atom stereocenters. The molecule has 1 aliphatic heterocycles. The van der Waals surface area contributed by atoms with Crippen molar-refractivity contribution in [3.63, 3.8) is 0 Å². The van der Waals surface area contributed by atoms with Crippen LogP contribution in [-0.2, 0) is 0 Å². The molecule has 3 rings (SSSR count). The van der Waals surface area contributed by atoms with Gasteiger partial charge < -0.3 is 5.32 Å². The maximum Gasteiger partial charge on any atom is 0.0473 e. The first-order chi connectivity index (χ1) is 9.33. The van der Waals surface area contributed by atoms with Crippen LogP contribution in [0.3, 0.4) is 0 Å². The van der Waals surface area contributed by atoms with Gasteiger partial charge in [-0.2, -0.15) is 0 Å². The quantitative estimate of drug-likeness (QED) is 0.884. The minimum absolute atomic E-state index is 0.684. The molecule has 2 heterocycles. The monoisotopic (exact) mass is 278 g/mol. The number of nitrogens with zero attached hydrogens (tertiary/aromatic N) is 1. The van der Waals surface area contributed by atoms with Crippen LogP contribution in [0, 0.1) is 5.92 Å². The highest BCUT2D eigenvalue weighted by atomic mass is 32.1. The molecule has 3 heteroatoms. The fourth-order valence-electron chi connectivity index (χ4n) is 3.42. The summed E-state index contributed by atoms with van der Waals surface area (Å²) in [6, 6.07) is 6.67. The Kier molecular flexibility index (Phi) is 4.25. The summed E-state index contributed by atoms with van der Waals surface area (Å²) in [4.78, 5) is 4.42. The third-order valence-electron chi connectivity index (χ3n) is 4.77. The van der Waals surface area contributed by atoms with E-state index in [9.17, 15) is 0 Å². The van der Waals surface area contributed by atoms with Crippen molar-refractivity contribution >= 4 is 11.3 Å². The molecule has 1 saturated carbocycles. The van der Waals surface area contributed by atoms with E-state index in [0.29, 0.717) is 12.1 Å². The molecule has 1 aromatic heterocycles. The van der Waals surface area contributed by atoms with Crippen LogP contribution in [0.1, 0.15) is 50.4 Å². The third kappa shape index (κ3) is 2.88. The van der Waals surface area contributed by atoms with Gasteiger partial charge in [0.2, 0.25) is 0 Å². The van der Waals surface area contributed by atoms with Gasteiger partial charge >= 0.3 is 0 Å². The second-order valence-corrected chi connectivity index (χ2v) is 7.05. The lowest BCUT2D eigenvalue weighted by molar-refractivity contribution is 0.0678. The maximum atomic E-state index is 3.72. The molecular formula is C16H26N2S. The molecule has 1 N–H and O–H groups in total. The van der Waals surface area contributed by atoms with Crippen LogP contribution < -0.4 is 5.32 Å². The number of thiophene rings is 1. The molecule has 1 saturated heterocycles. The molecule has 0 aromatic carbocycles. The second-order valence-electron chi connectivity index (χ2n) is 6.07. The number of nitrogens with one attached hydrogen (secondary N) is 1. The van der Waals surface area contributed by atoms with E-state index in [1.807, 2.05) is 11.3 Å². The van der Waals surface area contributed by atoms with Crippen molar-refractivity contribution in [2.45, 2.75) is 57.7 Å². The predicted molar refractivity (Wildman–Crippen MR) is 82.7 cm³/mol. The first-order valence-corrected chi connectivity index (χ1v) is 8.74. The van der Waals surface area contributed by atoms with Gasteiger partial charge in [-0.15, -0.1) is 11.3 Å². The van der Waals surface area contributed by atoms with Crippen LogP contribution in [-0.4, -0.2) is 30.1 Å². The van der Waals surface area contributed by atoms with E-state index in [4.69, 9.17) is 0 Å². The van der Waals surface area contributed by atoms with Gasteiger partial charge in [-0.1, -0.05) is 19.9 Å². The lowest BCUT2D eigenvalue weighted by Gasteiger charge is -2.44. The minimum Gasteiger partial charge on any atom is -0.311 e. The summed E-state index contributed by atoms with van der Waals surface area (Å²) in [6.45, 7) is 7.04. The average Bonchev–Trinajstić information content (AvgIpc) is 3.13. The first-order valence-electron chi connectivity index (χ1n) is 7.86. The summed E-state index contributed by atoms with van der Waals surface area (Å²) in [5, 5.41) is 5.96. The highest BCUT2D eigenvalue weighted by Crippen LogP contribution is 2.47. The summed E-state index contributed by atoms with van der Waals surface area (Å²) in [5.74, 6) is 0.920. The number of piperazine rings is 1. The molecule has 2 aliphatic rings. The van der Waals surface area contributed by atoms with Gasteiger partial charge in [0.05, 0.1) is 0 Å². The van der Waals surface area contributed by atoms with E-state index >= 15 is 0 Å². The Morgan fingerprint density at radius 2 is 2.21 bits per heavy atom. The Morgan fingerprint density at radius 3 is 2.79 bits per heavy atom. The SMILES string of the molecule is CCC1CN(C(c2cccs2)C2CC2)C(CC)CN1. The molecule has 0 amide bonds. The highest BCUT2D eigenvalue weighted by Gasteiger charge is 2.41. The van der Waals surface area contributed by atoms with Crippen molar-refractivity contribution in [3.8, 4) is 0 Å². The van der Waals surface area contributed by atoms with Crippen LogP contribution in [0.5, 0.6) is 0 Å². The largest absolute Gasteiger partial charge is 0.311 e. The van der Waals surface area contributed by atoms with Crippen molar-refractivity contribution in [1.29, 1.82) is 0 Å². The van der Waals surface area contributed by atoms with Crippen molar-refractivity contribution in [2.24, 2.45) is 5.92 Å². The Labute approximate surface area is 121 Å². The van der Waals surface area contributed by atoms with Gasteiger partial charge in [-0.05, 0) is 43.0 Å². The zero-order valence-electron chi connectivity index (χ0n) is 12.1. The summed E-state index contributed by atoms with van der Waals surface area (Å²) in [6.07, 6.45) is 5.37. The lowest BCUT2D eigenvalue weighted by atomic mass is 9.99. The first kappa shape index (κ1) is 13.6. The number of hydrogen-bond acceptors (Lipinski definition) is 3. The van der Waals surface area contributed by atoms with E-state index < -0.39 is 0 Å². The van der Waals surface area contributed by atoms with Crippen LogP contribution in [0.15, 0.2) is 17.5 Å². The highest BCUT2D eigenvalue weighted by molar-refractivity contribution is 7.10. The molecule has 106 valence electrons. The van der Waals surface area contributed by atoms with Crippen molar-refractivity contribution in [1.82, 2.24) is 10.2 Å². The van der Waals surface area contributed by atoms with Crippen LogP contribution in [0.2, 0.25) is 0 Å². The van der Waals surface area contributed by atoms with Gasteiger partial charge in [0.25, 0.3) is 0 Å². The van der Waals surface area contributed by atoms with E-state index in [0.717, 1.165) is 12.0 Å². The molecule has 1 aromatic rings. The summed E-state index contributed by atoms with van der Waals surface area (Å²) < 4.78 is 0. The van der Waals surface area contributed by atoms with Crippen molar-refractivity contribution < 1.29 is 0 Å². The Bertz CT molecular complexity index is 385. The lowest BCUT2D eigenvalue weighted by Crippen LogP contribution is -2.57. The zero-order valence-corrected chi connectivity index (χ0v) is 13.0. The Morgan fingerprint density at radius 1 is 1.37 bits per heavy atom. The van der Waals surface area contributed by atoms with E-state index in [2.05, 4.69) is 41.6 Å². The van der Waals surface area contributed by atoms with E-state index in [1.165, 1.54) is 38.8 Å². The fourth-order valence-corrected chi connectivity index (χ4v) is 4.36. The second kappa shape index (κ2) is 5.94. The molecule has 19 heavy (non-hydrogen) atoms. The Hall–Kier alpha value is -0.380. The molecular weight excluding hydrogens is 252 g/mol. The van der Waals surface area contributed by atoms with Crippen molar-refractivity contribution in [2.75, 3.05) is 13.1 Å². The minimum atomic E-state index is 0.684. The standard InChI is InChI=1S/C16H26N2S/c1-3-13-11-18(14(4-2)10-17-13)16(12-7-8-12)15-6-5-9-19-15/h5-6,9,12-14,16-17H,3-4,7-8,10-11H2,1-2H3. The summed E-state index contributed by atoms with van der Waals surface area (Å²) in [7, 11) is 0. The maximum absolute atomic E-state index is 3.72. The molecule has 1 aliphatic carbocycles. The van der Waals surface area contributed by atoms with Gasteiger partial charge in [0.1, 0.15) is 0 Å². The van der Waals surface area contributed by atoms with Crippen LogP contribution in [0.4, 0.5) is 0 Å². The van der Waals surface area contributed by atoms with E-state index in [1.54, 1.807) is 4.88 Å². The molecule has 0 bridgehead atoms. The topological polar surface area (TPSA) is 15.3 Å². The van der Waals surface area contributed by atoms with Gasteiger partial charge in [-0.3, -0.25) is 4.90 Å². The summed E-state index contributed by atoms with van der Waals surface area (Å²) in [5.41, 5.74) is 0. The fraction of sp³-hybridized carbons (Fsp3) is 0.750. The molecule has 3 unspecified atom stereocenters. The zero-order chi connectivity index (χ0) is 13.2. The van der Waals surface area contributed by atoms with Gasteiger partial charge in [-0.25, -0.2) is 0 Å². The normalized spacial score (nSPS) is 30.4. The van der Waals surface area contributed by atoms with E-state index in [-0.39, 0.29) is 0 Å². The molecule has 0 radical (unpaired) electrons. The van der Waals surface area contributed by atoms with Crippen LogP contribution >= 0.6 is 11.3 Å². The van der Waals surface area contributed by atoms with Gasteiger partial charge in [0, 0.05) is 36.1 Å². The van der Waals surface area contributed by atoms with Crippen LogP contribution in [0.25, 0.3) is 0 Å². The average molecular weight is 278 g/mol. The third-order valence-corrected chi connectivity index (χ3v) is 5.71. The Balaban J connectivity index is 1.82.